The van der Waals surface area contributed by atoms with E-state index in [4.69, 9.17) is 0 Å². The van der Waals surface area contributed by atoms with Crippen LogP contribution in [0.15, 0.2) is 23.3 Å². The van der Waals surface area contributed by atoms with Crippen LogP contribution in [0.3, 0.4) is 0 Å². The number of amides is 1. The molecule has 1 aliphatic rings. The molecule has 1 N–H and O–H groups in total. The molecule has 2 aromatic heterocycles. The van der Waals surface area contributed by atoms with Gasteiger partial charge in [-0.2, -0.15) is 0 Å². The van der Waals surface area contributed by atoms with Gasteiger partial charge in [0, 0.05) is 37.9 Å². The maximum atomic E-state index is 12.6. The average molecular weight is 259 g/mol. The lowest BCUT2D eigenvalue weighted by Crippen LogP contribution is -2.36. The van der Waals surface area contributed by atoms with E-state index in [9.17, 15) is 9.59 Å². The smallest absolute Gasteiger partial charge is 0.274 e. The van der Waals surface area contributed by atoms with E-state index in [0.717, 1.165) is 31.3 Å². The van der Waals surface area contributed by atoms with Crippen molar-refractivity contribution in [3.05, 3.63) is 34.4 Å². The van der Waals surface area contributed by atoms with Gasteiger partial charge >= 0.3 is 0 Å². The van der Waals surface area contributed by atoms with Gasteiger partial charge in [0.05, 0.1) is 5.56 Å². The number of likely N-dealkylation sites (tertiary alicyclic amines) is 1. The molecule has 5 nitrogen and oxygen atoms in total. The highest BCUT2D eigenvalue weighted by molar-refractivity contribution is 6.05. The lowest BCUT2D eigenvalue weighted by atomic mass is 10.1. The van der Waals surface area contributed by atoms with Gasteiger partial charge in [-0.05, 0) is 25.3 Å². The molecule has 0 unspecified atom stereocenters. The standard InChI is InChI=1S/C14H17N3O2/c1-16-9-11(10-5-6-15-12(10)14(16)19)13(18)17-7-3-2-4-8-17/h5-6,9,15H,2-4,7-8H2,1H3. The minimum Gasteiger partial charge on any atom is -0.357 e. The highest BCUT2D eigenvalue weighted by Crippen LogP contribution is 2.18. The van der Waals surface area contributed by atoms with Gasteiger partial charge in [-0.1, -0.05) is 0 Å². The lowest BCUT2D eigenvalue weighted by molar-refractivity contribution is 0.0725. The highest BCUT2D eigenvalue weighted by atomic mass is 16.2. The van der Waals surface area contributed by atoms with Crippen molar-refractivity contribution in [3.63, 3.8) is 0 Å². The summed E-state index contributed by atoms with van der Waals surface area (Å²) in [5.74, 6) is 0.0277. The van der Waals surface area contributed by atoms with E-state index < -0.39 is 0 Å². The predicted octanol–water partition coefficient (Wildman–Crippen LogP) is 1.49. The second kappa shape index (κ2) is 4.57. The first-order chi connectivity index (χ1) is 9.18. The number of hydrogen-bond acceptors (Lipinski definition) is 2. The molecule has 1 saturated heterocycles. The zero-order chi connectivity index (χ0) is 13.4. The van der Waals surface area contributed by atoms with Crippen molar-refractivity contribution in [1.82, 2.24) is 14.5 Å². The summed E-state index contributed by atoms with van der Waals surface area (Å²) in [6, 6.07) is 1.80. The summed E-state index contributed by atoms with van der Waals surface area (Å²) in [5.41, 5.74) is 1.01. The third kappa shape index (κ3) is 1.95. The van der Waals surface area contributed by atoms with E-state index in [0.29, 0.717) is 11.1 Å². The van der Waals surface area contributed by atoms with Crippen LogP contribution in [0.5, 0.6) is 0 Å². The maximum Gasteiger partial charge on any atom is 0.274 e. The number of fused-ring (bicyclic) bond motifs is 1. The second-order valence-electron chi connectivity index (χ2n) is 5.08. The predicted molar refractivity (Wildman–Crippen MR) is 73.3 cm³/mol. The lowest BCUT2D eigenvalue weighted by Gasteiger charge is -2.27. The molecule has 3 rings (SSSR count). The Balaban J connectivity index is 2.09. The molecule has 2 aromatic rings. The van der Waals surface area contributed by atoms with Gasteiger partial charge in [-0.3, -0.25) is 9.59 Å². The Morgan fingerprint density at radius 1 is 1.26 bits per heavy atom. The molecule has 0 atom stereocenters. The molecule has 0 saturated carbocycles. The molecular weight excluding hydrogens is 242 g/mol. The number of aromatic nitrogens is 2. The van der Waals surface area contributed by atoms with Crippen LogP contribution in [0.1, 0.15) is 29.6 Å². The van der Waals surface area contributed by atoms with Crippen LogP contribution in [0.25, 0.3) is 10.9 Å². The summed E-state index contributed by atoms with van der Waals surface area (Å²) in [5, 5.41) is 0.721. The molecule has 5 heteroatoms. The first-order valence-corrected chi connectivity index (χ1v) is 6.64. The maximum absolute atomic E-state index is 12.6. The number of pyridine rings is 1. The fourth-order valence-electron chi connectivity index (χ4n) is 2.71. The van der Waals surface area contributed by atoms with Crippen molar-refractivity contribution < 1.29 is 4.79 Å². The van der Waals surface area contributed by atoms with E-state index in [1.807, 2.05) is 4.90 Å². The Bertz CT molecular complexity index is 678. The van der Waals surface area contributed by atoms with E-state index in [2.05, 4.69) is 4.98 Å². The van der Waals surface area contributed by atoms with Crippen molar-refractivity contribution in [2.24, 2.45) is 7.05 Å². The fourth-order valence-corrected chi connectivity index (χ4v) is 2.71. The largest absolute Gasteiger partial charge is 0.357 e. The number of carbonyl (C=O) groups excluding carboxylic acids is 1. The molecule has 0 radical (unpaired) electrons. The Labute approximate surface area is 110 Å². The molecule has 0 aliphatic carbocycles. The molecule has 1 amide bonds. The van der Waals surface area contributed by atoms with E-state index in [1.165, 1.54) is 11.0 Å². The summed E-state index contributed by atoms with van der Waals surface area (Å²) < 4.78 is 1.47. The summed E-state index contributed by atoms with van der Waals surface area (Å²) in [7, 11) is 1.68. The number of nitrogens with one attached hydrogen (secondary N) is 1. The van der Waals surface area contributed by atoms with Crippen molar-refractivity contribution in [1.29, 1.82) is 0 Å². The molecule has 0 bridgehead atoms. The van der Waals surface area contributed by atoms with Gasteiger partial charge in [0.25, 0.3) is 11.5 Å². The van der Waals surface area contributed by atoms with Crippen molar-refractivity contribution in [2.45, 2.75) is 19.3 Å². The van der Waals surface area contributed by atoms with Crippen LogP contribution in [-0.4, -0.2) is 33.4 Å². The van der Waals surface area contributed by atoms with Crippen LogP contribution in [0.2, 0.25) is 0 Å². The first-order valence-electron chi connectivity index (χ1n) is 6.64. The van der Waals surface area contributed by atoms with E-state index in [1.54, 1.807) is 25.5 Å². The minimum atomic E-state index is -0.102. The molecule has 3 heterocycles. The quantitative estimate of drug-likeness (QED) is 0.843. The molecule has 19 heavy (non-hydrogen) atoms. The molecule has 0 aromatic carbocycles. The van der Waals surface area contributed by atoms with E-state index in [-0.39, 0.29) is 11.5 Å². The van der Waals surface area contributed by atoms with Crippen molar-refractivity contribution >= 4 is 16.8 Å². The van der Waals surface area contributed by atoms with Crippen LogP contribution in [-0.2, 0) is 7.05 Å². The van der Waals surface area contributed by atoms with Crippen LogP contribution >= 0.6 is 0 Å². The first kappa shape index (κ1) is 12.0. The Hall–Kier alpha value is -2.04. The third-order valence-corrected chi connectivity index (χ3v) is 3.77. The number of H-pyrrole nitrogens is 1. The number of aromatic amines is 1. The van der Waals surface area contributed by atoms with E-state index >= 15 is 0 Å². The van der Waals surface area contributed by atoms with Gasteiger partial charge in [-0.25, -0.2) is 0 Å². The fraction of sp³-hybridized carbons (Fsp3) is 0.429. The topological polar surface area (TPSA) is 58.1 Å². The van der Waals surface area contributed by atoms with Crippen LogP contribution < -0.4 is 5.56 Å². The minimum absolute atomic E-state index is 0.0277. The zero-order valence-corrected chi connectivity index (χ0v) is 11.0. The van der Waals surface area contributed by atoms with Gasteiger partial charge in [0.1, 0.15) is 5.52 Å². The van der Waals surface area contributed by atoms with Crippen LogP contribution in [0.4, 0.5) is 0 Å². The zero-order valence-electron chi connectivity index (χ0n) is 11.0. The number of piperidine rings is 1. The Kier molecular flexibility index (Phi) is 2.89. The van der Waals surface area contributed by atoms with Crippen molar-refractivity contribution in [2.75, 3.05) is 13.1 Å². The molecule has 0 spiro atoms. The van der Waals surface area contributed by atoms with Crippen molar-refractivity contribution in [3.8, 4) is 0 Å². The normalized spacial score (nSPS) is 15.9. The number of rotatable bonds is 1. The monoisotopic (exact) mass is 259 g/mol. The van der Waals surface area contributed by atoms with Gasteiger partial charge in [0.2, 0.25) is 0 Å². The van der Waals surface area contributed by atoms with Gasteiger partial charge < -0.3 is 14.5 Å². The molecule has 100 valence electrons. The summed E-state index contributed by atoms with van der Waals surface area (Å²) in [6.07, 6.45) is 6.67. The number of carbonyl (C=O) groups is 1. The number of nitrogens with zero attached hydrogens (tertiary/aromatic N) is 2. The van der Waals surface area contributed by atoms with Crippen LogP contribution in [0, 0.1) is 0 Å². The van der Waals surface area contributed by atoms with Gasteiger partial charge in [-0.15, -0.1) is 0 Å². The summed E-state index contributed by atoms with van der Waals surface area (Å²) >= 11 is 0. The average Bonchev–Trinajstić information content (AvgIpc) is 2.93. The molecule has 1 aliphatic heterocycles. The number of hydrogen-bond donors (Lipinski definition) is 1. The summed E-state index contributed by atoms with van der Waals surface area (Å²) in [6.45, 7) is 1.63. The summed E-state index contributed by atoms with van der Waals surface area (Å²) in [4.78, 5) is 29.3. The second-order valence-corrected chi connectivity index (χ2v) is 5.08. The molecular formula is C14H17N3O2. The molecule has 1 fully saturated rings. The highest BCUT2D eigenvalue weighted by Gasteiger charge is 2.21. The van der Waals surface area contributed by atoms with Gasteiger partial charge in [0.15, 0.2) is 0 Å². The Morgan fingerprint density at radius 3 is 2.74 bits per heavy atom. The Morgan fingerprint density at radius 2 is 2.00 bits per heavy atom. The number of aryl methyl sites for hydroxylation is 1. The third-order valence-electron chi connectivity index (χ3n) is 3.77. The SMILES string of the molecule is Cn1cc(C(=O)N2CCCCC2)c2cc[nH]c2c1=O.